The molecule has 272 valence electrons. The molecule has 11 aromatic rings. The molecule has 0 saturated heterocycles. The summed E-state index contributed by atoms with van der Waals surface area (Å²) in [6.45, 7) is 0. The van der Waals surface area contributed by atoms with Crippen molar-refractivity contribution in [3.63, 3.8) is 0 Å². The molecule has 0 unspecified atom stereocenters. The molecule has 11 rings (SSSR count). The second-order valence-electron chi connectivity index (χ2n) is 14.8. The van der Waals surface area contributed by atoms with E-state index >= 15 is 0 Å². The van der Waals surface area contributed by atoms with Gasteiger partial charge in [0.25, 0.3) is 0 Å². The topological polar surface area (TPSA) is 16.4 Å². The number of hydrogen-bond donors (Lipinski definition) is 0. The lowest BCUT2D eigenvalue weighted by molar-refractivity contribution is 0.669. The van der Waals surface area contributed by atoms with Gasteiger partial charge in [-0.05, 0) is 109 Å². The SMILES string of the molecule is c1ccc(-c2cc(-c3ccccc3)cc(N(c3ccc4c(c3)c(-c3ccccc3)c(-c3ccccc3)c3ccccc34)c3cccc4c3oc3ccccc34)c2)cc1. The number of rotatable bonds is 7. The van der Waals surface area contributed by atoms with Gasteiger partial charge in [-0.2, -0.15) is 0 Å². The fourth-order valence-corrected chi connectivity index (χ4v) is 8.80. The quantitative estimate of drug-likeness (QED) is 0.151. The van der Waals surface area contributed by atoms with Gasteiger partial charge in [0.1, 0.15) is 5.58 Å². The Balaban J connectivity index is 1.26. The molecule has 0 spiro atoms. The Kier molecular flexibility index (Phi) is 8.19. The van der Waals surface area contributed by atoms with Gasteiger partial charge in [-0.3, -0.25) is 0 Å². The van der Waals surface area contributed by atoms with E-state index in [4.69, 9.17) is 4.42 Å². The first-order valence-corrected chi connectivity index (χ1v) is 19.8. The maximum Gasteiger partial charge on any atom is 0.159 e. The van der Waals surface area contributed by atoms with Crippen LogP contribution in [-0.4, -0.2) is 0 Å². The van der Waals surface area contributed by atoms with Crippen molar-refractivity contribution in [1.29, 1.82) is 0 Å². The summed E-state index contributed by atoms with van der Waals surface area (Å²) in [6, 6.07) is 80.7. The van der Waals surface area contributed by atoms with Crippen LogP contribution in [0.25, 0.3) is 88.0 Å². The number of anilines is 3. The zero-order valence-electron chi connectivity index (χ0n) is 31.7. The summed E-state index contributed by atoms with van der Waals surface area (Å²) >= 11 is 0. The third kappa shape index (κ3) is 5.74. The van der Waals surface area contributed by atoms with Gasteiger partial charge in [0.05, 0.1) is 5.69 Å². The van der Waals surface area contributed by atoms with Crippen molar-refractivity contribution >= 4 is 60.5 Å². The van der Waals surface area contributed by atoms with Gasteiger partial charge >= 0.3 is 0 Å². The average Bonchev–Trinajstić information content (AvgIpc) is 3.69. The number of fused-ring (bicyclic) bond motifs is 6. The Hall–Kier alpha value is -7.68. The van der Waals surface area contributed by atoms with Crippen molar-refractivity contribution in [3.05, 3.63) is 224 Å². The standard InChI is InChI=1S/C56H37NO/c1-5-18-38(19-6-1)42-34-43(39-20-7-2-8-21-39)36-45(35-42)57(52-30-17-29-50-48-27-15-16-31-53(48)58-56(50)52)44-32-33-47-46-26-13-14-28-49(46)54(40-22-9-3-10-23-40)55(51(47)37-44)41-24-11-4-12-25-41/h1-37H. The molecule has 2 heteroatoms. The summed E-state index contributed by atoms with van der Waals surface area (Å²) in [5.74, 6) is 0. The molecule has 0 aliphatic carbocycles. The number of furan rings is 1. The molecule has 0 aliphatic rings. The second kappa shape index (κ2) is 14.1. The number of para-hydroxylation sites is 2. The summed E-state index contributed by atoms with van der Waals surface area (Å²) in [4.78, 5) is 2.40. The highest BCUT2D eigenvalue weighted by Gasteiger charge is 2.23. The van der Waals surface area contributed by atoms with E-state index in [9.17, 15) is 0 Å². The Labute approximate surface area is 337 Å². The molecule has 58 heavy (non-hydrogen) atoms. The maximum absolute atomic E-state index is 6.81. The Bertz CT molecular complexity index is 3200. The smallest absolute Gasteiger partial charge is 0.159 e. The molecule has 2 nitrogen and oxygen atoms in total. The Morgan fingerprint density at radius 2 is 0.759 bits per heavy atom. The van der Waals surface area contributed by atoms with E-state index in [1.807, 2.05) is 6.07 Å². The lowest BCUT2D eigenvalue weighted by Crippen LogP contribution is -2.11. The van der Waals surface area contributed by atoms with Crippen molar-refractivity contribution in [2.24, 2.45) is 0 Å². The van der Waals surface area contributed by atoms with E-state index in [2.05, 4.69) is 223 Å². The van der Waals surface area contributed by atoms with E-state index in [1.54, 1.807) is 0 Å². The fourth-order valence-electron chi connectivity index (χ4n) is 8.80. The maximum atomic E-state index is 6.81. The second-order valence-corrected chi connectivity index (χ2v) is 14.8. The molecular weight excluding hydrogens is 703 g/mol. The highest BCUT2D eigenvalue weighted by atomic mass is 16.3. The molecule has 0 N–H and O–H groups in total. The minimum atomic E-state index is 0.849. The van der Waals surface area contributed by atoms with Crippen molar-refractivity contribution in [2.75, 3.05) is 4.90 Å². The molecule has 0 saturated carbocycles. The molecule has 0 aliphatic heterocycles. The molecule has 1 heterocycles. The molecule has 0 bridgehead atoms. The van der Waals surface area contributed by atoms with Gasteiger partial charge in [-0.15, -0.1) is 0 Å². The molecule has 10 aromatic carbocycles. The van der Waals surface area contributed by atoms with Crippen molar-refractivity contribution < 1.29 is 4.42 Å². The Morgan fingerprint density at radius 3 is 1.38 bits per heavy atom. The lowest BCUT2D eigenvalue weighted by atomic mass is 9.85. The first kappa shape index (κ1) is 33.6. The third-order valence-corrected chi connectivity index (χ3v) is 11.4. The average molecular weight is 740 g/mol. The van der Waals surface area contributed by atoms with Crippen molar-refractivity contribution in [2.45, 2.75) is 0 Å². The number of hydrogen-bond acceptors (Lipinski definition) is 2. The predicted molar refractivity (Wildman–Crippen MR) is 245 cm³/mol. The minimum Gasteiger partial charge on any atom is -0.454 e. The summed E-state index contributed by atoms with van der Waals surface area (Å²) in [6.07, 6.45) is 0. The normalized spacial score (nSPS) is 11.4. The van der Waals surface area contributed by atoms with Crippen LogP contribution in [0.1, 0.15) is 0 Å². The van der Waals surface area contributed by atoms with Crippen LogP contribution in [0.2, 0.25) is 0 Å². The van der Waals surface area contributed by atoms with Crippen LogP contribution >= 0.6 is 0 Å². The highest BCUT2D eigenvalue weighted by Crippen LogP contribution is 2.49. The van der Waals surface area contributed by atoms with Crippen LogP contribution in [0.5, 0.6) is 0 Å². The minimum absolute atomic E-state index is 0.849. The summed E-state index contributed by atoms with van der Waals surface area (Å²) < 4.78 is 6.81. The van der Waals surface area contributed by atoms with Gasteiger partial charge in [-0.1, -0.05) is 182 Å². The van der Waals surface area contributed by atoms with Crippen LogP contribution in [0.3, 0.4) is 0 Å². The molecular formula is C56H37NO. The van der Waals surface area contributed by atoms with Gasteiger partial charge in [0, 0.05) is 22.1 Å². The zero-order valence-corrected chi connectivity index (χ0v) is 31.7. The van der Waals surface area contributed by atoms with E-state index in [-0.39, 0.29) is 0 Å². The zero-order chi connectivity index (χ0) is 38.4. The van der Waals surface area contributed by atoms with E-state index in [0.29, 0.717) is 0 Å². The van der Waals surface area contributed by atoms with Crippen LogP contribution in [0.4, 0.5) is 17.1 Å². The summed E-state index contributed by atoms with van der Waals surface area (Å²) in [5.41, 5.74) is 14.2. The Morgan fingerprint density at radius 1 is 0.276 bits per heavy atom. The lowest BCUT2D eigenvalue weighted by Gasteiger charge is -2.28. The molecule has 0 fully saturated rings. The van der Waals surface area contributed by atoms with Gasteiger partial charge in [0.15, 0.2) is 5.58 Å². The van der Waals surface area contributed by atoms with Crippen LogP contribution in [-0.2, 0) is 0 Å². The summed E-state index contributed by atoms with van der Waals surface area (Å²) in [5, 5.41) is 7.05. The monoisotopic (exact) mass is 739 g/mol. The van der Waals surface area contributed by atoms with E-state index in [0.717, 1.165) is 61.3 Å². The van der Waals surface area contributed by atoms with E-state index in [1.165, 1.54) is 43.8 Å². The predicted octanol–water partition coefficient (Wildman–Crippen LogP) is 16.0. The van der Waals surface area contributed by atoms with Gasteiger partial charge in [-0.25, -0.2) is 0 Å². The van der Waals surface area contributed by atoms with Crippen molar-refractivity contribution in [1.82, 2.24) is 0 Å². The van der Waals surface area contributed by atoms with Crippen LogP contribution in [0.15, 0.2) is 229 Å². The molecule has 0 radical (unpaired) electrons. The summed E-state index contributed by atoms with van der Waals surface area (Å²) in [7, 11) is 0. The molecule has 0 amide bonds. The van der Waals surface area contributed by atoms with Gasteiger partial charge < -0.3 is 9.32 Å². The largest absolute Gasteiger partial charge is 0.454 e. The molecule has 1 aromatic heterocycles. The molecule has 0 atom stereocenters. The third-order valence-electron chi connectivity index (χ3n) is 11.4. The first-order valence-electron chi connectivity index (χ1n) is 19.8. The first-order chi connectivity index (χ1) is 28.8. The van der Waals surface area contributed by atoms with Crippen molar-refractivity contribution in [3.8, 4) is 44.5 Å². The number of nitrogens with zero attached hydrogens (tertiary/aromatic N) is 1. The van der Waals surface area contributed by atoms with Gasteiger partial charge in [0.2, 0.25) is 0 Å². The van der Waals surface area contributed by atoms with E-state index < -0.39 is 0 Å². The highest BCUT2D eigenvalue weighted by molar-refractivity contribution is 6.22. The fraction of sp³-hybridized carbons (Fsp3) is 0. The number of benzene rings is 10. The van der Waals surface area contributed by atoms with Crippen LogP contribution < -0.4 is 4.90 Å². The van der Waals surface area contributed by atoms with Crippen LogP contribution in [0, 0.1) is 0 Å².